The first-order valence-corrected chi connectivity index (χ1v) is 13.7. The maximum Gasteiger partial charge on any atom is 0.573 e. The molecule has 3 aromatic rings. The summed E-state index contributed by atoms with van der Waals surface area (Å²) in [5, 5.41) is 20.5. The topological polar surface area (TPSA) is 105 Å². The van der Waals surface area contributed by atoms with Crippen LogP contribution < -0.4 is 14.8 Å². The molecule has 1 atom stereocenters. The van der Waals surface area contributed by atoms with Crippen LogP contribution in [-0.4, -0.2) is 47.7 Å². The first kappa shape index (κ1) is 30.6. The van der Waals surface area contributed by atoms with Gasteiger partial charge in [0.2, 0.25) is 0 Å². The molecule has 0 heterocycles. The van der Waals surface area contributed by atoms with Crippen LogP contribution in [0.5, 0.6) is 11.5 Å². The number of carbonyl (C=O) groups is 2. The smallest absolute Gasteiger partial charge is 0.489 e. The number of carboxylic acids is 1. The van der Waals surface area contributed by atoms with E-state index in [0.717, 1.165) is 16.7 Å². The molecule has 222 valence electrons. The van der Waals surface area contributed by atoms with E-state index in [0.29, 0.717) is 17.2 Å². The van der Waals surface area contributed by atoms with Crippen molar-refractivity contribution in [3.8, 4) is 11.5 Å². The van der Waals surface area contributed by atoms with Crippen LogP contribution in [0.1, 0.15) is 65.1 Å². The summed E-state index contributed by atoms with van der Waals surface area (Å²) in [6.07, 6.45) is 1.50. The van der Waals surface area contributed by atoms with Gasteiger partial charge in [-0.3, -0.25) is 4.79 Å². The average Bonchev–Trinajstić information content (AvgIpc) is 2.98. The number of aliphatic hydroxyl groups is 1. The van der Waals surface area contributed by atoms with Crippen LogP contribution in [0.15, 0.2) is 72.8 Å². The second kappa shape index (κ2) is 14.0. The lowest BCUT2D eigenvalue weighted by molar-refractivity contribution is -0.274. The number of alkyl halides is 3. The summed E-state index contributed by atoms with van der Waals surface area (Å²) in [5.41, 5.74) is 4.07. The summed E-state index contributed by atoms with van der Waals surface area (Å²) in [6, 6.07) is 20.1. The molecule has 10 heteroatoms. The Morgan fingerprint density at radius 2 is 1.48 bits per heavy atom. The van der Waals surface area contributed by atoms with Crippen molar-refractivity contribution in [3.05, 3.63) is 95.1 Å². The fraction of sp³-hybridized carbons (Fsp3) is 0.312. The molecule has 0 bridgehead atoms. The molecule has 1 aliphatic carbocycles. The van der Waals surface area contributed by atoms with Gasteiger partial charge in [-0.25, -0.2) is 4.79 Å². The first-order valence-electron chi connectivity index (χ1n) is 13.7. The summed E-state index contributed by atoms with van der Waals surface area (Å²) in [5.74, 6) is -1.38. The molecule has 3 N–H and O–H groups in total. The number of hydrogen-bond acceptors (Lipinski definition) is 5. The minimum absolute atomic E-state index is 0.123. The molecule has 0 saturated heterocycles. The largest absolute Gasteiger partial charge is 0.573 e. The van der Waals surface area contributed by atoms with Crippen LogP contribution in [0.25, 0.3) is 11.6 Å². The molecule has 1 amide bonds. The highest BCUT2D eigenvalue weighted by Crippen LogP contribution is 2.33. The van der Waals surface area contributed by atoms with Gasteiger partial charge < -0.3 is 25.0 Å². The van der Waals surface area contributed by atoms with Gasteiger partial charge in [0.25, 0.3) is 5.91 Å². The van der Waals surface area contributed by atoms with Crippen molar-refractivity contribution >= 4 is 23.5 Å². The van der Waals surface area contributed by atoms with Crippen molar-refractivity contribution < 1.29 is 42.4 Å². The molecule has 42 heavy (non-hydrogen) atoms. The van der Waals surface area contributed by atoms with Crippen molar-refractivity contribution in [2.24, 2.45) is 0 Å². The van der Waals surface area contributed by atoms with E-state index in [4.69, 9.17) is 9.84 Å². The van der Waals surface area contributed by atoms with Gasteiger partial charge in [-0.05, 0) is 83.5 Å². The highest BCUT2D eigenvalue weighted by molar-refractivity contribution is 5.95. The van der Waals surface area contributed by atoms with Crippen molar-refractivity contribution in [1.29, 1.82) is 0 Å². The molecule has 1 fully saturated rings. The van der Waals surface area contributed by atoms with Gasteiger partial charge in [0.05, 0.1) is 6.54 Å². The van der Waals surface area contributed by atoms with Gasteiger partial charge in [-0.2, -0.15) is 0 Å². The monoisotopic (exact) mass is 583 g/mol. The Kier molecular flexibility index (Phi) is 10.2. The molecule has 0 radical (unpaired) electrons. The van der Waals surface area contributed by atoms with E-state index in [1.165, 1.54) is 61.9 Å². The van der Waals surface area contributed by atoms with E-state index in [1.54, 1.807) is 24.3 Å². The van der Waals surface area contributed by atoms with Gasteiger partial charge in [-0.15, -0.1) is 13.2 Å². The van der Waals surface area contributed by atoms with E-state index in [2.05, 4.69) is 22.2 Å². The van der Waals surface area contributed by atoms with Crippen LogP contribution >= 0.6 is 0 Å². The maximum absolute atomic E-state index is 12.5. The van der Waals surface area contributed by atoms with Crippen molar-refractivity contribution in [2.75, 3.05) is 13.2 Å². The summed E-state index contributed by atoms with van der Waals surface area (Å²) < 4.78 is 47.3. The number of rotatable bonds is 11. The zero-order chi connectivity index (χ0) is 30.1. The molecule has 1 saturated carbocycles. The number of ether oxygens (including phenoxy) is 2. The van der Waals surface area contributed by atoms with Crippen LogP contribution in [0.2, 0.25) is 0 Å². The number of benzene rings is 3. The third-order valence-electron chi connectivity index (χ3n) is 7.06. The number of hydrogen-bond donors (Lipinski definition) is 3. The van der Waals surface area contributed by atoms with Crippen molar-refractivity contribution in [3.63, 3.8) is 0 Å². The van der Waals surface area contributed by atoms with E-state index in [-0.39, 0.29) is 12.4 Å². The number of halogens is 3. The van der Waals surface area contributed by atoms with E-state index in [1.807, 2.05) is 18.2 Å². The van der Waals surface area contributed by atoms with Gasteiger partial charge >= 0.3 is 12.3 Å². The fourth-order valence-corrected chi connectivity index (χ4v) is 4.82. The van der Waals surface area contributed by atoms with Crippen LogP contribution in [0.4, 0.5) is 13.2 Å². The molecule has 0 spiro atoms. The SMILES string of the molecule is O=C(NC[C@@H](O)C(=O)O)c1ccc(C=C(COc2ccc(OC(F)(F)F)cc2)c2ccc(C3CCCCC3)cc2)cc1. The molecule has 0 unspecified atom stereocenters. The Labute approximate surface area is 241 Å². The Morgan fingerprint density at radius 3 is 2.07 bits per heavy atom. The van der Waals surface area contributed by atoms with E-state index >= 15 is 0 Å². The van der Waals surface area contributed by atoms with E-state index < -0.39 is 30.9 Å². The van der Waals surface area contributed by atoms with Crippen LogP contribution in [0.3, 0.4) is 0 Å². The zero-order valence-corrected chi connectivity index (χ0v) is 22.8. The third-order valence-corrected chi connectivity index (χ3v) is 7.06. The lowest BCUT2D eigenvalue weighted by atomic mass is 9.83. The molecule has 0 aliphatic heterocycles. The van der Waals surface area contributed by atoms with Crippen molar-refractivity contribution in [1.82, 2.24) is 5.32 Å². The van der Waals surface area contributed by atoms with Crippen molar-refractivity contribution in [2.45, 2.75) is 50.5 Å². The molecule has 1 aliphatic rings. The molecule has 3 aromatic carbocycles. The van der Waals surface area contributed by atoms with Gasteiger partial charge in [0.1, 0.15) is 18.1 Å². The summed E-state index contributed by atoms with van der Waals surface area (Å²) >= 11 is 0. The fourth-order valence-electron chi connectivity index (χ4n) is 4.82. The number of aliphatic carboxylic acids is 1. The molecular weight excluding hydrogens is 551 g/mol. The second-order valence-electron chi connectivity index (χ2n) is 10.1. The highest BCUT2D eigenvalue weighted by Gasteiger charge is 2.31. The molecule has 0 aromatic heterocycles. The standard InChI is InChI=1S/C32H32F3NO6/c33-32(34,35)42-28-16-14-27(15-17-28)41-20-26(24-12-10-23(11-13-24)22-4-2-1-3-5-22)18-21-6-8-25(9-7-21)30(38)36-19-29(37)31(39)40/h6-18,22,29,37H,1-5,19-20H2,(H,36,38)(H,39,40)/t29-/m1/s1. The van der Waals surface area contributed by atoms with Crippen LogP contribution in [-0.2, 0) is 4.79 Å². The first-order chi connectivity index (χ1) is 20.1. The van der Waals surface area contributed by atoms with E-state index in [9.17, 15) is 27.9 Å². The Hall–Kier alpha value is -4.31. The maximum atomic E-state index is 12.5. The Balaban J connectivity index is 1.51. The number of carboxylic acid groups (broad SMARTS) is 1. The zero-order valence-electron chi connectivity index (χ0n) is 22.8. The predicted molar refractivity (Wildman–Crippen MR) is 151 cm³/mol. The normalized spacial score (nSPS) is 15.1. The molecule has 4 rings (SSSR count). The number of aliphatic hydroxyl groups excluding tert-OH is 1. The lowest BCUT2D eigenvalue weighted by Crippen LogP contribution is -2.36. The molecular formula is C32H32F3NO6. The number of nitrogens with one attached hydrogen (secondary N) is 1. The lowest BCUT2D eigenvalue weighted by Gasteiger charge is -2.22. The molecule has 7 nitrogen and oxygen atoms in total. The third kappa shape index (κ3) is 9.10. The number of amides is 1. The summed E-state index contributed by atoms with van der Waals surface area (Å²) in [6.45, 7) is -0.297. The van der Waals surface area contributed by atoms with Gasteiger partial charge in [-0.1, -0.05) is 55.7 Å². The van der Waals surface area contributed by atoms with Crippen LogP contribution in [0, 0.1) is 0 Å². The second-order valence-corrected chi connectivity index (χ2v) is 10.1. The Morgan fingerprint density at radius 1 is 0.881 bits per heavy atom. The van der Waals surface area contributed by atoms with Gasteiger partial charge in [0.15, 0.2) is 6.10 Å². The summed E-state index contributed by atoms with van der Waals surface area (Å²) in [4.78, 5) is 23.1. The van der Waals surface area contributed by atoms with Gasteiger partial charge in [0, 0.05) is 5.56 Å². The minimum Gasteiger partial charge on any atom is -0.489 e. The quantitative estimate of drug-likeness (QED) is 0.225. The predicted octanol–water partition coefficient (Wildman–Crippen LogP) is 6.43. The summed E-state index contributed by atoms with van der Waals surface area (Å²) in [7, 11) is 0. The number of carbonyl (C=O) groups excluding carboxylic acids is 1. The average molecular weight is 584 g/mol. The Bertz CT molecular complexity index is 1360. The highest BCUT2D eigenvalue weighted by atomic mass is 19.4. The minimum atomic E-state index is -4.78.